The molecule has 2 heterocycles. The van der Waals surface area contributed by atoms with Crippen molar-refractivity contribution < 1.29 is 22.7 Å². The minimum absolute atomic E-state index is 0.0493. The largest absolute Gasteiger partial charge is 0.497 e. The molecule has 0 saturated carbocycles. The van der Waals surface area contributed by atoms with Crippen molar-refractivity contribution in [3.8, 4) is 16.2 Å². The summed E-state index contributed by atoms with van der Waals surface area (Å²) < 4.78 is 43.1. The van der Waals surface area contributed by atoms with E-state index in [9.17, 15) is 18.0 Å². The number of carbonyl (C=O) groups is 1. The van der Waals surface area contributed by atoms with E-state index in [2.05, 4.69) is 4.98 Å². The number of hydrogen-bond acceptors (Lipinski definition) is 4. The fourth-order valence-electron chi connectivity index (χ4n) is 2.06. The molecule has 0 atom stereocenters. The van der Waals surface area contributed by atoms with Crippen molar-refractivity contribution in [1.29, 1.82) is 0 Å². The molecule has 0 aliphatic carbocycles. The summed E-state index contributed by atoms with van der Waals surface area (Å²) in [5.41, 5.74) is 0.904. The number of halogens is 3. The Balaban J connectivity index is 1.78. The second-order valence-electron chi connectivity index (χ2n) is 4.94. The Kier molecular flexibility index (Phi) is 4.18. The highest BCUT2D eigenvalue weighted by Gasteiger charge is 2.28. The standard InChI is InChI=1S/C15H12F3N3O2S/c1-23-10-4-2-9(3-5-10)12-7-21-6-11(20-14(21)24-12)13(22)19-8-15(16,17)18/h2-7H,8H2,1H3,(H,19,22). The predicted octanol–water partition coefficient (Wildman–Crippen LogP) is 3.36. The molecule has 126 valence electrons. The van der Waals surface area contributed by atoms with Gasteiger partial charge in [-0.2, -0.15) is 13.2 Å². The molecule has 0 aliphatic heterocycles. The van der Waals surface area contributed by atoms with Crippen LogP contribution in [0.15, 0.2) is 36.7 Å². The summed E-state index contributed by atoms with van der Waals surface area (Å²) in [5.74, 6) is -0.113. The molecule has 0 aliphatic rings. The van der Waals surface area contributed by atoms with E-state index in [1.54, 1.807) is 23.0 Å². The average molecular weight is 355 g/mol. The summed E-state index contributed by atoms with van der Waals surface area (Å²) in [6.07, 6.45) is -1.27. The van der Waals surface area contributed by atoms with Crippen LogP contribution in [-0.4, -0.2) is 35.1 Å². The Morgan fingerprint density at radius 2 is 2.00 bits per heavy atom. The van der Waals surface area contributed by atoms with Gasteiger partial charge in [0.15, 0.2) is 4.96 Å². The van der Waals surface area contributed by atoms with E-state index in [4.69, 9.17) is 4.74 Å². The van der Waals surface area contributed by atoms with E-state index in [-0.39, 0.29) is 5.69 Å². The lowest BCUT2D eigenvalue weighted by Crippen LogP contribution is -2.33. The lowest BCUT2D eigenvalue weighted by atomic mass is 10.2. The molecule has 1 aromatic carbocycles. The number of thiazole rings is 1. The van der Waals surface area contributed by atoms with Crippen molar-refractivity contribution in [3.63, 3.8) is 0 Å². The number of fused-ring (bicyclic) bond motifs is 1. The third-order valence-corrected chi connectivity index (χ3v) is 4.26. The van der Waals surface area contributed by atoms with Gasteiger partial charge in [-0.3, -0.25) is 9.20 Å². The molecule has 0 unspecified atom stereocenters. The zero-order chi connectivity index (χ0) is 17.3. The molecule has 0 radical (unpaired) electrons. The molecular weight excluding hydrogens is 343 g/mol. The number of rotatable bonds is 4. The number of aromatic nitrogens is 2. The van der Waals surface area contributed by atoms with Crippen molar-refractivity contribution >= 4 is 22.2 Å². The van der Waals surface area contributed by atoms with Gasteiger partial charge in [0.05, 0.1) is 12.0 Å². The number of benzene rings is 1. The second kappa shape index (κ2) is 6.16. The Morgan fingerprint density at radius 1 is 1.29 bits per heavy atom. The summed E-state index contributed by atoms with van der Waals surface area (Å²) >= 11 is 1.33. The molecule has 3 aromatic rings. The topological polar surface area (TPSA) is 55.6 Å². The molecule has 9 heteroatoms. The van der Waals surface area contributed by atoms with Gasteiger partial charge in [-0.05, 0) is 29.8 Å². The number of imidazole rings is 1. The van der Waals surface area contributed by atoms with Gasteiger partial charge < -0.3 is 10.1 Å². The van der Waals surface area contributed by atoms with Gasteiger partial charge in [-0.15, -0.1) is 0 Å². The zero-order valence-electron chi connectivity index (χ0n) is 12.4. The van der Waals surface area contributed by atoms with Crippen molar-refractivity contribution in [2.24, 2.45) is 0 Å². The number of nitrogens with one attached hydrogen (secondary N) is 1. The molecule has 0 spiro atoms. The number of methoxy groups -OCH3 is 1. The van der Waals surface area contributed by atoms with Gasteiger partial charge in [0.1, 0.15) is 18.0 Å². The van der Waals surface area contributed by atoms with Crippen LogP contribution in [-0.2, 0) is 0 Å². The predicted molar refractivity (Wildman–Crippen MR) is 83.4 cm³/mol. The first kappa shape index (κ1) is 16.3. The minimum Gasteiger partial charge on any atom is -0.497 e. The van der Waals surface area contributed by atoms with E-state index in [1.807, 2.05) is 24.3 Å². The SMILES string of the molecule is COc1ccc(-c2cn3cc(C(=O)NCC(F)(F)F)nc3s2)cc1. The maximum Gasteiger partial charge on any atom is 0.405 e. The smallest absolute Gasteiger partial charge is 0.405 e. The molecule has 5 nitrogen and oxygen atoms in total. The van der Waals surface area contributed by atoms with Gasteiger partial charge in [-0.1, -0.05) is 11.3 Å². The number of hydrogen-bond donors (Lipinski definition) is 1. The van der Waals surface area contributed by atoms with Gasteiger partial charge in [-0.25, -0.2) is 4.98 Å². The molecular formula is C15H12F3N3O2S. The molecule has 24 heavy (non-hydrogen) atoms. The van der Waals surface area contributed by atoms with Crippen LogP contribution in [0.4, 0.5) is 13.2 Å². The van der Waals surface area contributed by atoms with Crippen molar-refractivity contribution in [3.05, 3.63) is 42.4 Å². The fraction of sp³-hybridized carbons (Fsp3) is 0.200. The first-order chi connectivity index (χ1) is 11.4. The highest BCUT2D eigenvalue weighted by Crippen LogP contribution is 2.29. The van der Waals surface area contributed by atoms with E-state index < -0.39 is 18.6 Å². The average Bonchev–Trinajstić information content (AvgIpc) is 3.11. The van der Waals surface area contributed by atoms with Gasteiger partial charge >= 0.3 is 6.18 Å². The van der Waals surface area contributed by atoms with Gasteiger partial charge in [0, 0.05) is 12.4 Å². The second-order valence-corrected chi connectivity index (χ2v) is 5.95. The summed E-state index contributed by atoms with van der Waals surface area (Å²) in [7, 11) is 1.58. The number of amides is 1. The molecule has 3 rings (SSSR count). The highest BCUT2D eigenvalue weighted by molar-refractivity contribution is 7.20. The summed E-state index contributed by atoms with van der Waals surface area (Å²) in [4.78, 5) is 17.2. The van der Waals surface area contributed by atoms with Crippen molar-refractivity contribution in [1.82, 2.24) is 14.7 Å². The van der Waals surface area contributed by atoms with E-state index >= 15 is 0 Å². The summed E-state index contributed by atoms with van der Waals surface area (Å²) in [6, 6.07) is 7.43. The monoisotopic (exact) mass is 355 g/mol. The third kappa shape index (κ3) is 3.51. The maximum atomic E-state index is 12.1. The number of alkyl halides is 3. The first-order valence-corrected chi connectivity index (χ1v) is 7.65. The Hall–Kier alpha value is -2.55. The minimum atomic E-state index is -4.45. The molecule has 1 N–H and O–H groups in total. The van der Waals surface area contributed by atoms with Crippen LogP contribution in [0.2, 0.25) is 0 Å². The third-order valence-electron chi connectivity index (χ3n) is 3.21. The van der Waals surface area contributed by atoms with E-state index in [0.717, 1.165) is 16.2 Å². The van der Waals surface area contributed by atoms with Crippen LogP contribution in [0.3, 0.4) is 0 Å². The van der Waals surface area contributed by atoms with E-state index in [1.165, 1.54) is 17.5 Å². The molecule has 0 saturated heterocycles. The van der Waals surface area contributed by atoms with Crippen LogP contribution < -0.4 is 10.1 Å². The normalized spacial score (nSPS) is 11.7. The lowest BCUT2D eigenvalue weighted by Gasteiger charge is -2.06. The van der Waals surface area contributed by atoms with Gasteiger partial charge in [0.25, 0.3) is 5.91 Å². The Bertz CT molecular complexity index is 837. The van der Waals surface area contributed by atoms with Crippen LogP contribution in [0.25, 0.3) is 15.4 Å². The number of carbonyl (C=O) groups excluding carboxylic acids is 1. The summed E-state index contributed by atoms with van der Waals surface area (Å²) in [6.45, 7) is -1.38. The van der Waals surface area contributed by atoms with Crippen LogP contribution in [0, 0.1) is 0 Å². The summed E-state index contributed by atoms with van der Waals surface area (Å²) in [5, 5.41) is 1.80. The van der Waals surface area contributed by atoms with E-state index in [0.29, 0.717) is 4.96 Å². The number of ether oxygens (including phenoxy) is 1. The number of nitrogens with zero attached hydrogens (tertiary/aromatic N) is 2. The quantitative estimate of drug-likeness (QED) is 0.781. The molecule has 2 aromatic heterocycles. The highest BCUT2D eigenvalue weighted by atomic mass is 32.1. The Morgan fingerprint density at radius 3 is 2.58 bits per heavy atom. The molecule has 0 fully saturated rings. The Labute approximate surface area is 138 Å². The van der Waals surface area contributed by atoms with Gasteiger partial charge in [0.2, 0.25) is 0 Å². The molecule has 0 bridgehead atoms. The zero-order valence-corrected chi connectivity index (χ0v) is 13.2. The first-order valence-electron chi connectivity index (χ1n) is 6.83. The maximum absolute atomic E-state index is 12.1. The van der Waals surface area contributed by atoms with Crippen molar-refractivity contribution in [2.75, 3.05) is 13.7 Å². The van der Waals surface area contributed by atoms with Crippen LogP contribution in [0.5, 0.6) is 5.75 Å². The molecule has 1 amide bonds. The fourth-order valence-corrected chi connectivity index (χ4v) is 3.04. The van der Waals surface area contributed by atoms with Crippen LogP contribution in [0.1, 0.15) is 10.5 Å². The lowest BCUT2D eigenvalue weighted by molar-refractivity contribution is -0.123. The van der Waals surface area contributed by atoms with Crippen molar-refractivity contribution in [2.45, 2.75) is 6.18 Å². The van der Waals surface area contributed by atoms with Crippen LogP contribution >= 0.6 is 11.3 Å².